The number of nitrogens with zero attached hydrogens (tertiary/aromatic N) is 6. The van der Waals surface area contributed by atoms with Crippen LogP contribution in [0.15, 0.2) is 39.6 Å². The fourth-order valence-electron chi connectivity index (χ4n) is 3.08. The average molecular weight is 456 g/mol. The molecule has 1 N–H and O–H groups in total. The summed E-state index contributed by atoms with van der Waals surface area (Å²) in [5.41, 5.74) is 2.26. The lowest BCUT2D eigenvalue weighted by molar-refractivity contribution is -0.116. The molecular weight excluding hydrogens is 434 g/mol. The van der Waals surface area contributed by atoms with Crippen molar-refractivity contribution in [2.75, 3.05) is 11.1 Å². The Morgan fingerprint density at radius 1 is 1.19 bits per heavy atom. The largest absolute Gasteiger partial charge is 0.300 e. The van der Waals surface area contributed by atoms with Crippen LogP contribution >= 0.6 is 23.1 Å². The number of benzene rings is 1. The third-order valence-electron chi connectivity index (χ3n) is 4.64. The van der Waals surface area contributed by atoms with Crippen molar-refractivity contribution >= 4 is 45.2 Å². The van der Waals surface area contributed by atoms with Gasteiger partial charge in [-0.15, -0.1) is 10.2 Å². The van der Waals surface area contributed by atoms with E-state index in [4.69, 9.17) is 0 Å². The highest BCUT2D eigenvalue weighted by Crippen LogP contribution is 2.25. The van der Waals surface area contributed by atoms with E-state index in [9.17, 15) is 9.59 Å². The first-order chi connectivity index (χ1) is 15.0. The summed E-state index contributed by atoms with van der Waals surface area (Å²) < 4.78 is 3.97. The van der Waals surface area contributed by atoms with Gasteiger partial charge in [-0.3, -0.25) is 14.2 Å². The molecule has 0 aliphatic heterocycles. The normalized spacial score (nSPS) is 11.2. The second kappa shape index (κ2) is 8.98. The Labute approximate surface area is 186 Å². The Morgan fingerprint density at radius 2 is 1.97 bits per heavy atom. The summed E-state index contributed by atoms with van der Waals surface area (Å²) in [5.74, 6) is 1.18. The minimum absolute atomic E-state index is 0.121. The van der Waals surface area contributed by atoms with Crippen LogP contribution < -0.4 is 10.9 Å². The summed E-state index contributed by atoms with van der Waals surface area (Å²) >= 11 is 2.91. The molecule has 1 aromatic carbocycles. The standard InChI is InChI=1S/C20H21N7O2S2/c1-4-30-20-25-24-19(31-20)23-16(28)9-10-26-13(3)22-17-15(18(26)29)11-21-27(17)14-7-5-12(2)6-8-14/h5-8,11H,4,9-10H2,1-3H3,(H,23,24,28). The first-order valence-corrected chi connectivity index (χ1v) is 11.5. The maximum absolute atomic E-state index is 13.0. The molecule has 1 amide bonds. The molecule has 0 saturated heterocycles. The Kier molecular flexibility index (Phi) is 6.14. The number of hydrogen-bond donors (Lipinski definition) is 1. The number of aromatic nitrogens is 6. The lowest BCUT2D eigenvalue weighted by Crippen LogP contribution is -2.26. The van der Waals surface area contributed by atoms with Crippen molar-refractivity contribution in [1.29, 1.82) is 0 Å². The number of fused-ring (bicyclic) bond motifs is 1. The molecule has 3 heterocycles. The molecule has 4 aromatic rings. The Balaban J connectivity index is 1.52. The first kappa shape index (κ1) is 21.2. The van der Waals surface area contributed by atoms with E-state index in [2.05, 4.69) is 25.6 Å². The second-order valence-electron chi connectivity index (χ2n) is 6.85. The maximum Gasteiger partial charge on any atom is 0.264 e. The lowest BCUT2D eigenvalue weighted by Gasteiger charge is -2.10. The fourth-order valence-corrected chi connectivity index (χ4v) is 4.75. The zero-order chi connectivity index (χ0) is 22.0. The van der Waals surface area contributed by atoms with E-state index in [-0.39, 0.29) is 24.4 Å². The first-order valence-electron chi connectivity index (χ1n) is 9.74. The van der Waals surface area contributed by atoms with Crippen LogP contribution in [0.2, 0.25) is 0 Å². The number of anilines is 1. The minimum Gasteiger partial charge on any atom is -0.300 e. The molecule has 0 aliphatic rings. The van der Waals surface area contributed by atoms with Crippen molar-refractivity contribution in [1.82, 2.24) is 29.5 Å². The molecule has 0 spiro atoms. The molecule has 11 heteroatoms. The van der Waals surface area contributed by atoms with Crippen LogP contribution in [0.5, 0.6) is 0 Å². The number of carbonyl (C=O) groups is 1. The van der Waals surface area contributed by atoms with Crippen molar-refractivity contribution in [3.05, 3.63) is 52.2 Å². The number of amides is 1. The van der Waals surface area contributed by atoms with Crippen LogP contribution in [0.3, 0.4) is 0 Å². The van der Waals surface area contributed by atoms with Crippen LogP contribution in [-0.2, 0) is 11.3 Å². The number of thioether (sulfide) groups is 1. The molecule has 0 atom stereocenters. The molecular formula is C20H21N7O2S2. The summed E-state index contributed by atoms with van der Waals surface area (Å²) in [6.45, 7) is 6.00. The van der Waals surface area contributed by atoms with Crippen molar-refractivity contribution in [2.24, 2.45) is 0 Å². The van der Waals surface area contributed by atoms with Crippen molar-refractivity contribution in [3.63, 3.8) is 0 Å². The summed E-state index contributed by atoms with van der Waals surface area (Å²) in [5, 5.41) is 15.9. The highest BCUT2D eigenvalue weighted by Gasteiger charge is 2.15. The quantitative estimate of drug-likeness (QED) is 0.337. The monoisotopic (exact) mass is 455 g/mol. The van der Waals surface area contributed by atoms with Crippen LogP contribution in [-0.4, -0.2) is 41.2 Å². The molecule has 31 heavy (non-hydrogen) atoms. The van der Waals surface area contributed by atoms with Gasteiger partial charge in [0.25, 0.3) is 5.56 Å². The zero-order valence-corrected chi connectivity index (χ0v) is 19.0. The highest BCUT2D eigenvalue weighted by atomic mass is 32.2. The number of nitrogens with one attached hydrogen (secondary N) is 1. The molecule has 160 valence electrons. The third-order valence-corrected chi connectivity index (χ3v) is 6.49. The number of rotatable bonds is 7. The van der Waals surface area contributed by atoms with Gasteiger partial charge in [0, 0.05) is 13.0 Å². The zero-order valence-electron chi connectivity index (χ0n) is 17.3. The molecule has 4 rings (SSSR count). The van der Waals surface area contributed by atoms with E-state index >= 15 is 0 Å². The molecule has 0 radical (unpaired) electrons. The fraction of sp³-hybridized carbons (Fsp3) is 0.300. The van der Waals surface area contributed by atoms with Crippen LogP contribution in [0.1, 0.15) is 24.7 Å². The van der Waals surface area contributed by atoms with Gasteiger partial charge in [0.05, 0.1) is 11.9 Å². The lowest BCUT2D eigenvalue weighted by atomic mass is 10.2. The molecule has 9 nitrogen and oxygen atoms in total. The van der Waals surface area contributed by atoms with Gasteiger partial charge in [-0.25, -0.2) is 9.67 Å². The van der Waals surface area contributed by atoms with E-state index in [1.54, 1.807) is 23.4 Å². The van der Waals surface area contributed by atoms with E-state index in [1.807, 2.05) is 38.1 Å². The van der Waals surface area contributed by atoms with Crippen molar-refractivity contribution in [2.45, 2.75) is 38.1 Å². The summed E-state index contributed by atoms with van der Waals surface area (Å²) in [7, 11) is 0. The Bertz CT molecular complexity index is 1290. The SMILES string of the molecule is CCSc1nnc(NC(=O)CCn2c(C)nc3c(cnn3-c3ccc(C)cc3)c2=O)s1. The third kappa shape index (κ3) is 4.52. The van der Waals surface area contributed by atoms with Crippen LogP contribution in [0, 0.1) is 13.8 Å². The van der Waals surface area contributed by atoms with E-state index < -0.39 is 0 Å². The minimum atomic E-state index is -0.231. The molecule has 0 bridgehead atoms. The number of carbonyl (C=O) groups excluding carboxylic acids is 1. The van der Waals surface area contributed by atoms with Gasteiger partial charge in [0.1, 0.15) is 11.2 Å². The second-order valence-corrected chi connectivity index (χ2v) is 9.34. The van der Waals surface area contributed by atoms with Gasteiger partial charge in [-0.1, -0.05) is 47.7 Å². The van der Waals surface area contributed by atoms with Gasteiger partial charge in [-0.05, 0) is 31.7 Å². The predicted molar refractivity (Wildman–Crippen MR) is 122 cm³/mol. The van der Waals surface area contributed by atoms with E-state index in [0.29, 0.717) is 22.0 Å². The van der Waals surface area contributed by atoms with Crippen LogP contribution in [0.25, 0.3) is 16.7 Å². The average Bonchev–Trinajstić information content (AvgIpc) is 3.36. The number of hydrogen-bond acceptors (Lipinski definition) is 8. The summed E-state index contributed by atoms with van der Waals surface area (Å²) in [4.78, 5) is 29.9. The topological polar surface area (TPSA) is 108 Å². The van der Waals surface area contributed by atoms with Crippen molar-refractivity contribution in [3.8, 4) is 5.69 Å². The highest BCUT2D eigenvalue weighted by molar-refractivity contribution is 8.01. The molecule has 0 saturated carbocycles. The molecule has 0 unspecified atom stereocenters. The van der Waals surface area contributed by atoms with E-state index in [1.165, 1.54) is 22.1 Å². The van der Waals surface area contributed by atoms with Gasteiger partial charge in [-0.2, -0.15) is 5.10 Å². The number of aryl methyl sites for hydroxylation is 2. The van der Waals surface area contributed by atoms with Gasteiger partial charge in [0.15, 0.2) is 9.99 Å². The van der Waals surface area contributed by atoms with Gasteiger partial charge >= 0.3 is 0 Å². The summed E-state index contributed by atoms with van der Waals surface area (Å²) in [6.07, 6.45) is 1.64. The Hall–Kier alpha value is -3.05. The van der Waals surface area contributed by atoms with Crippen LogP contribution in [0.4, 0.5) is 5.13 Å². The van der Waals surface area contributed by atoms with Gasteiger partial charge < -0.3 is 5.32 Å². The molecule has 0 fully saturated rings. The smallest absolute Gasteiger partial charge is 0.264 e. The molecule has 3 aromatic heterocycles. The summed E-state index contributed by atoms with van der Waals surface area (Å²) in [6, 6.07) is 7.84. The maximum atomic E-state index is 13.0. The van der Waals surface area contributed by atoms with Gasteiger partial charge in [0.2, 0.25) is 11.0 Å². The molecule has 0 aliphatic carbocycles. The predicted octanol–water partition coefficient (Wildman–Crippen LogP) is 3.19. The van der Waals surface area contributed by atoms with E-state index in [0.717, 1.165) is 21.3 Å². The Morgan fingerprint density at radius 3 is 2.71 bits per heavy atom. The van der Waals surface area contributed by atoms with Crippen molar-refractivity contribution < 1.29 is 4.79 Å².